The predicted molar refractivity (Wildman–Crippen MR) is 145 cm³/mol. The van der Waals surface area contributed by atoms with Crippen molar-refractivity contribution >= 4 is 35.1 Å². The summed E-state index contributed by atoms with van der Waals surface area (Å²) in [5.74, 6) is 0.481. The first-order valence-electron chi connectivity index (χ1n) is 12.2. The van der Waals surface area contributed by atoms with Gasteiger partial charge in [0, 0.05) is 16.7 Å². The number of hydrogen-bond donors (Lipinski definition) is 0. The zero-order valence-corrected chi connectivity index (χ0v) is 21.9. The Morgan fingerprint density at radius 2 is 1.68 bits per heavy atom. The molecule has 4 aromatic rings. The number of fused-ring (bicyclic) bond motifs is 2. The summed E-state index contributed by atoms with van der Waals surface area (Å²) in [6, 6.07) is 18.6. The summed E-state index contributed by atoms with van der Waals surface area (Å²) >= 11 is 6.86. The van der Waals surface area contributed by atoms with E-state index in [0.717, 1.165) is 22.4 Å². The van der Waals surface area contributed by atoms with Crippen molar-refractivity contribution in [3.05, 3.63) is 105 Å². The normalized spacial score (nSPS) is 15.4. The van der Waals surface area contributed by atoms with Gasteiger partial charge in [-0.1, -0.05) is 53.6 Å². The van der Waals surface area contributed by atoms with E-state index in [1.165, 1.54) is 4.90 Å². The highest BCUT2D eigenvalue weighted by Crippen LogP contribution is 2.36. The van der Waals surface area contributed by atoms with Gasteiger partial charge in [-0.25, -0.2) is 4.68 Å². The second-order valence-corrected chi connectivity index (χ2v) is 9.84. The van der Waals surface area contributed by atoms with Gasteiger partial charge >= 0.3 is 0 Å². The second-order valence-electron chi connectivity index (χ2n) is 9.48. The van der Waals surface area contributed by atoms with Crippen molar-refractivity contribution in [3.63, 3.8) is 0 Å². The van der Waals surface area contributed by atoms with Gasteiger partial charge in [0.1, 0.15) is 5.15 Å². The summed E-state index contributed by atoms with van der Waals surface area (Å²) in [6.07, 6.45) is 1.74. The molecule has 0 spiro atoms. The number of ether oxygens (including phenoxy) is 2. The molecule has 2 aliphatic rings. The number of halogens is 1. The van der Waals surface area contributed by atoms with Crippen LogP contribution in [0.1, 0.15) is 43.9 Å². The van der Waals surface area contributed by atoms with E-state index in [0.29, 0.717) is 44.6 Å². The molecule has 0 aliphatic carbocycles. The summed E-state index contributed by atoms with van der Waals surface area (Å²) in [4.78, 5) is 28.5. The van der Waals surface area contributed by atoms with Gasteiger partial charge in [0.2, 0.25) is 6.79 Å². The number of benzene rings is 3. The Balaban J connectivity index is 1.43. The lowest BCUT2D eigenvalue weighted by molar-refractivity contribution is -0.123. The van der Waals surface area contributed by atoms with Crippen LogP contribution in [0.5, 0.6) is 11.5 Å². The van der Waals surface area contributed by atoms with Crippen LogP contribution >= 0.6 is 11.6 Å². The van der Waals surface area contributed by atoms with Crippen molar-refractivity contribution < 1.29 is 19.1 Å². The third-order valence-electron chi connectivity index (χ3n) is 6.86. The summed E-state index contributed by atoms with van der Waals surface area (Å²) in [5, 5.41) is 5.07. The minimum absolute atomic E-state index is 0.0918. The van der Waals surface area contributed by atoms with Gasteiger partial charge in [0.15, 0.2) is 11.5 Å². The van der Waals surface area contributed by atoms with Crippen molar-refractivity contribution in [3.8, 4) is 17.2 Å². The van der Waals surface area contributed by atoms with Crippen LogP contribution in [0.25, 0.3) is 17.3 Å². The molecule has 6 rings (SSSR count). The molecule has 38 heavy (non-hydrogen) atoms. The fraction of sp³-hybridized carbons (Fsp3) is 0.167. The van der Waals surface area contributed by atoms with Crippen LogP contribution in [0.3, 0.4) is 0 Å². The van der Waals surface area contributed by atoms with Crippen molar-refractivity contribution in [2.75, 3.05) is 6.79 Å². The van der Waals surface area contributed by atoms with Crippen molar-refractivity contribution in [2.45, 2.75) is 27.3 Å². The van der Waals surface area contributed by atoms with E-state index in [9.17, 15) is 9.59 Å². The molecular formula is C30H24ClN3O4. The topological polar surface area (TPSA) is 73.7 Å². The van der Waals surface area contributed by atoms with Crippen molar-refractivity contribution in [1.82, 2.24) is 14.7 Å². The number of aromatic nitrogens is 2. The molecule has 0 fully saturated rings. The van der Waals surface area contributed by atoms with E-state index in [1.807, 2.05) is 45.0 Å². The minimum atomic E-state index is -0.402. The summed E-state index contributed by atoms with van der Waals surface area (Å²) in [7, 11) is 0. The zero-order chi connectivity index (χ0) is 26.6. The molecule has 0 saturated carbocycles. The van der Waals surface area contributed by atoms with E-state index < -0.39 is 5.91 Å². The van der Waals surface area contributed by atoms with Crippen LogP contribution in [-0.2, 0) is 11.3 Å². The smallest absolute Gasteiger partial charge is 0.261 e. The van der Waals surface area contributed by atoms with Crippen molar-refractivity contribution in [1.29, 1.82) is 0 Å². The first-order chi connectivity index (χ1) is 18.3. The number of aryl methyl sites for hydroxylation is 3. The van der Waals surface area contributed by atoms with Crippen LogP contribution in [0.4, 0.5) is 0 Å². The summed E-state index contributed by atoms with van der Waals surface area (Å²) in [5.41, 5.74) is 6.50. The highest BCUT2D eigenvalue weighted by atomic mass is 35.5. The lowest BCUT2D eigenvalue weighted by atomic mass is 9.92. The number of carbonyl (C=O) groups is 2. The third-order valence-corrected chi connectivity index (χ3v) is 7.23. The molecule has 0 saturated heterocycles. The van der Waals surface area contributed by atoms with E-state index in [-0.39, 0.29) is 19.2 Å². The van der Waals surface area contributed by atoms with Crippen LogP contribution in [0.15, 0.2) is 60.7 Å². The van der Waals surface area contributed by atoms with Gasteiger partial charge in [-0.3, -0.25) is 14.5 Å². The van der Waals surface area contributed by atoms with Gasteiger partial charge in [-0.15, -0.1) is 0 Å². The van der Waals surface area contributed by atoms with E-state index >= 15 is 0 Å². The molecule has 0 radical (unpaired) electrons. The Morgan fingerprint density at radius 1 is 0.921 bits per heavy atom. The quantitative estimate of drug-likeness (QED) is 0.245. The molecule has 3 heterocycles. The first-order valence-corrected chi connectivity index (χ1v) is 12.6. The van der Waals surface area contributed by atoms with Gasteiger partial charge in [-0.05, 0) is 67.8 Å². The summed E-state index contributed by atoms with van der Waals surface area (Å²) < 4.78 is 12.5. The van der Waals surface area contributed by atoms with Crippen LogP contribution < -0.4 is 9.47 Å². The number of nitrogens with zero attached hydrogens (tertiary/aromatic N) is 3. The number of imide groups is 1. The Hall–Kier alpha value is -4.36. The number of hydrogen-bond acceptors (Lipinski definition) is 5. The lowest BCUT2D eigenvalue weighted by Gasteiger charge is -2.28. The number of amides is 2. The van der Waals surface area contributed by atoms with Gasteiger partial charge < -0.3 is 9.47 Å². The van der Waals surface area contributed by atoms with Crippen LogP contribution in [0.2, 0.25) is 5.15 Å². The number of rotatable bonds is 4. The standard InChI is InChI=1S/C30H24ClN3O4/c1-17-8-10-25(18(2)12-17)34-28(31)23(19(3)32-34)14-24-21-6-4-5-7-22(21)29(35)33(30(24)36)15-20-9-11-26-27(13-20)38-16-37-26/h4-14H,15-16H2,1-3H3/b24-14-. The molecule has 0 atom stereocenters. The maximum atomic E-state index is 13.8. The van der Waals surface area contributed by atoms with Gasteiger partial charge in [-0.2, -0.15) is 5.10 Å². The maximum absolute atomic E-state index is 13.8. The third kappa shape index (κ3) is 3.96. The maximum Gasteiger partial charge on any atom is 0.261 e. The molecule has 2 amide bonds. The molecular weight excluding hydrogens is 502 g/mol. The summed E-state index contributed by atoms with van der Waals surface area (Å²) in [6.45, 7) is 6.14. The first kappa shape index (κ1) is 24.0. The Bertz CT molecular complexity index is 1670. The minimum Gasteiger partial charge on any atom is -0.454 e. The molecule has 190 valence electrons. The van der Waals surface area contributed by atoms with E-state index in [4.69, 9.17) is 21.1 Å². The molecule has 3 aromatic carbocycles. The molecule has 8 heteroatoms. The lowest BCUT2D eigenvalue weighted by Crippen LogP contribution is -2.41. The van der Waals surface area contributed by atoms with Crippen LogP contribution in [0, 0.1) is 20.8 Å². The molecule has 0 unspecified atom stereocenters. The van der Waals surface area contributed by atoms with E-state index in [2.05, 4.69) is 11.2 Å². The average molecular weight is 526 g/mol. The molecule has 0 N–H and O–H groups in total. The van der Waals surface area contributed by atoms with Gasteiger partial charge in [0.25, 0.3) is 11.8 Å². The van der Waals surface area contributed by atoms with Crippen LogP contribution in [-0.4, -0.2) is 33.3 Å². The molecule has 7 nitrogen and oxygen atoms in total. The molecule has 1 aromatic heterocycles. The molecule has 0 bridgehead atoms. The molecule has 2 aliphatic heterocycles. The number of carbonyl (C=O) groups excluding carboxylic acids is 2. The highest BCUT2D eigenvalue weighted by Gasteiger charge is 2.35. The second kappa shape index (κ2) is 9.19. The fourth-order valence-corrected chi connectivity index (χ4v) is 5.25. The van der Waals surface area contributed by atoms with Gasteiger partial charge in [0.05, 0.1) is 17.9 Å². The van der Waals surface area contributed by atoms with E-state index in [1.54, 1.807) is 41.1 Å². The predicted octanol–water partition coefficient (Wildman–Crippen LogP) is 5.90. The van der Waals surface area contributed by atoms with Crippen molar-refractivity contribution in [2.24, 2.45) is 0 Å². The highest BCUT2D eigenvalue weighted by molar-refractivity contribution is 6.36. The Labute approximate surface area is 224 Å². The average Bonchev–Trinajstić information content (AvgIpc) is 3.48. The monoisotopic (exact) mass is 525 g/mol. The Kier molecular flexibility index (Phi) is 5.80. The largest absolute Gasteiger partial charge is 0.454 e. The fourth-order valence-electron chi connectivity index (χ4n) is 4.93. The Morgan fingerprint density at radius 3 is 2.47 bits per heavy atom. The SMILES string of the molecule is Cc1ccc(-n2nc(C)c(/C=C3\C(=O)N(Cc4ccc5c(c4)OCO5)C(=O)c4ccccc43)c2Cl)c(C)c1. The zero-order valence-electron chi connectivity index (χ0n) is 21.1.